The summed E-state index contributed by atoms with van der Waals surface area (Å²) in [6.45, 7) is 0.204. The Bertz CT molecular complexity index is 1120. The zero-order valence-electron chi connectivity index (χ0n) is 17.0. The van der Waals surface area contributed by atoms with Crippen LogP contribution in [-0.2, 0) is 24.3 Å². The van der Waals surface area contributed by atoms with Gasteiger partial charge < -0.3 is 15.2 Å². The van der Waals surface area contributed by atoms with Gasteiger partial charge in [0.05, 0.1) is 36.7 Å². The Morgan fingerprint density at radius 1 is 1.22 bits per heavy atom. The van der Waals surface area contributed by atoms with Crippen molar-refractivity contribution in [1.82, 2.24) is 30.4 Å². The Kier molecular flexibility index (Phi) is 6.10. The molecule has 2 N–H and O–H groups in total. The predicted octanol–water partition coefficient (Wildman–Crippen LogP) is 2.56. The minimum Gasteiger partial charge on any atom is -0.364 e. The number of carbonyl (C=O) groups is 2. The molecule has 1 aliphatic rings. The zero-order valence-corrected chi connectivity index (χ0v) is 17.0. The Balaban J connectivity index is 1.31. The normalized spacial score (nSPS) is 14.0. The highest BCUT2D eigenvalue weighted by Gasteiger charge is 2.28. The number of imidazole rings is 1. The van der Waals surface area contributed by atoms with Crippen molar-refractivity contribution >= 4 is 17.5 Å². The van der Waals surface area contributed by atoms with Gasteiger partial charge in [0.2, 0.25) is 5.91 Å². The maximum absolute atomic E-state index is 12.5. The van der Waals surface area contributed by atoms with Crippen molar-refractivity contribution in [3.05, 3.63) is 47.2 Å². The standard InChI is InChI=1S/C20H21F3N6O3/c21-20(22,23)4-3-18(30)24-7-13-6-17-27-14(10-29(17)26-8-13)9-25-19(31)15-11-32-28-16(15)5-12-1-2-12/h6,8,10-12H,1-5,7,9H2,(H,24,30)(H,25,31). The van der Waals surface area contributed by atoms with Crippen molar-refractivity contribution in [3.63, 3.8) is 0 Å². The van der Waals surface area contributed by atoms with Crippen LogP contribution >= 0.6 is 0 Å². The Hall–Kier alpha value is -3.44. The van der Waals surface area contributed by atoms with E-state index in [9.17, 15) is 22.8 Å². The van der Waals surface area contributed by atoms with E-state index in [0.717, 1.165) is 19.3 Å². The van der Waals surface area contributed by atoms with Crippen molar-refractivity contribution in [2.24, 2.45) is 5.92 Å². The molecule has 3 aromatic rings. The highest BCUT2D eigenvalue weighted by atomic mass is 19.4. The SMILES string of the molecule is O=C(CCC(F)(F)F)NCc1cnn2cc(CNC(=O)c3conc3CC3CC3)nc2c1. The highest BCUT2D eigenvalue weighted by Crippen LogP contribution is 2.33. The van der Waals surface area contributed by atoms with Gasteiger partial charge in [-0.1, -0.05) is 5.16 Å². The lowest BCUT2D eigenvalue weighted by Gasteiger charge is -2.07. The van der Waals surface area contributed by atoms with Crippen LogP contribution in [0.4, 0.5) is 13.2 Å². The lowest BCUT2D eigenvalue weighted by molar-refractivity contribution is -0.144. The molecule has 2 amide bonds. The van der Waals surface area contributed by atoms with Gasteiger partial charge in [-0.25, -0.2) is 9.50 Å². The second-order valence-electron chi connectivity index (χ2n) is 7.80. The molecule has 1 fully saturated rings. The maximum Gasteiger partial charge on any atom is 0.389 e. The van der Waals surface area contributed by atoms with E-state index in [4.69, 9.17) is 4.52 Å². The first-order valence-electron chi connectivity index (χ1n) is 10.1. The first-order chi connectivity index (χ1) is 15.3. The molecule has 1 aliphatic carbocycles. The first-order valence-corrected chi connectivity index (χ1v) is 10.1. The van der Waals surface area contributed by atoms with Crippen LogP contribution in [0.2, 0.25) is 0 Å². The number of hydrogen-bond acceptors (Lipinski definition) is 6. The third kappa shape index (κ3) is 5.83. The number of rotatable bonds is 9. The minimum atomic E-state index is -4.37. The van der Waals surface area contributed by atoms with Crippen LogP contribution in [0.25, 0.3) is 5.65 Å². The summed E-state index contributed by atoms with van der Waals surface area (Å²) in [6.07, 6.45) is 1.33. The van der Waals surface area contributed by atoms with Crippen LogP contribution in [0.15, 0.2) is 29.2 Å². The van der Waals surface area contributed by atoms with E-state index in [1.807, 2.05) is 0 Å². The molecule has 0 aliphatic heterocycles. The minimum absolute atomic E-state index is 0.0381. The number of amides is 2. The number of nitrogens with zero attached hydrogens (tertiary/aromatic N) is 4. The molecule has 0 spiro atoms. The molecule has 170 valence electrons. The summed E-state index contributed by atoms with van der Waals surface area (Å²) in [7, 11) is 0. The molecular weight excluding hydrogens is 429 g/mol. The van der Waals surface area contributed by atoms with Crippen LogP contribution in [0.3, 0.4) is 0 Å². The van der Waals surface area contributed by atoms with Gasteiger partial charge in [-0.2, -0.15) is 18.3 Å². The van der Waals surface area contributed by atoms with E-state index in [1.165, 1.54) is 17.0 Å². The molecule has 0 aromatic carbocycles. The van der Waals surface area contributed by atoms with Gasteiger partial charge in [-0.3, -0.25) is 9.59 Å². The van der Waals surface area contributed by atoms with Crippen molar-refractivity contribution in [1.29, 1.82) is 0 Å². The fourth-order valence-electron chi connectivity index (χ4n) is 3.14. The molecule has 0 atom stereocenters. The summed E-state index contributed by atoms with van der Waals surface area (Å²) < 4.78 is 43.0. The summed E-state index contributed by atoms with van der Waals surface area (Å²) in [6, 6.07) is 1.66. The summed E-state index contributed by atoms with van der Waals surface area (Å²) in [5, 5.41) is 13.3. The molecular formula is C20H21F3N6O3. The molecule has 0 unspecified atom stereocenters. The number of halogens is 3. The zero-order chi connectivity index (χ0) is 22.7. The number of hydrogen-bond donors (Lipinski definition) is 2. The van der Waals surface area contributed by atoms with E-state index < -0.39 is 24.9 Å². The monoisotopic (exact) mass is 450 g/mol. The maximum atomic E-state index is 12.5. The Morgan fingerprint density at radius 2 is 2.03 bits per heavy atom. The smallest absolute Gasteiger partial charge is 0.364 e. The average molecular weight is 450 g/mol. The topological polar surface area (TPSA) is 114 Å². The highest BCUT2D eigenvalue weighted by molar-refractivity contribution is 5.94. The third-order valence-corrected chi connectivity index (χ3v) is 5.05. The van der Waals surface area contributed by atoms with Crippen LogP contribution in [0, 0.1) is 5.92 Å². The van der Waals surface area contributed by atoms with E-state index >= 15 is 0 Å². The van der Waals surface area contributed by atoms with Crippen LogP contribution in [-0.4, -0.2) is 37.7 Å². The summed E-state index contributed by atoms with van der Waals surface area (Å²) >= 11 is 0. The van der Waals surface area contributed by atoms with E-state index in [-0.39, 0.29) is 19.0 Å². The number of alkyl halides is 3. The summed E-state index contributed by atoms with van der Waals surface area (Å²) in [4.78, 5) is 28.4. The average Bonchev–Trinajstić information content (AvgIpc) is 3.28. The number of fused-ring (bicyclic) bond motifs is 1. The largest absolute Gasteiger partial charge is 0.389 e. The molecule has 12 heteroatoms. The van der Waals surface area contributed by atoms with Crippen LogP contribution < -0.4 is 10.6 Å². The molecule has 3 aromatic heterocycles. The molecule has 1 saturated carbocycles. The molecule has 4 rings (SSSR count). The molecule has 32 heavy (non-hydrogen) atoms. The Morgan fingerprint density at radius 3 is 2.78 bits per heavy atom. The van der Waals surface area contributed by atoms with E-state index in [2.05, 4.69) is 25.9 Å². The van der Waals surface area contributed by atoms with Gasteiger partial charge in [0.25, 0.3) is 5.91 Å². The summed E-state index contributed by atoms with van der Waals surface area (Å²) in [5.74, 6) is -0.419. The molecule has 0 saturated heterocycles. The predicted molar refractivity (Wildman–Crippen MR) is 104 cm³/mol. The fraction of sp³-hybridized carbons (Fsp3) is 0.450. The second-order valence-corrected chi connectivity index (χ2v) is 7.80. The van der Waals surface area contributed by atoms with Crippen LogP contribution in [0.5, 0.6) is 0 Å². The van der Waals surface area contributed by atoms with Gasteiger partial charge in [0.1, 0.15) is 11.8 Å². The molecule has 3 heterocycles. The van der Waals surface area contributed by atoms with Crippen LogP contribution in [0.1, 0.15) is 53.0 Å². The van der Waals surface area contributed by atoms with E-state index in [0.29, 0.717) is 34.1 Å². The summed E-state index contributed by atoms with van der Waals surface area (Å²) in [5.41, 5.74) is 2.72. The van der Waals surface area contributed by atoms with Gasteiger partial charge in [0.15, 0.2) is 5.65 Å². The van der Waals surface area contributed by atoms with E-state index in [1.54, 1.807) is 12.3 Å². The fourth-order valence-corrected chi connectivity index (χ4v) is 3.14. The first kappa shape index (κ1) is 21.8. The van der Waals surface area contributed by atoms with Crippen molar-refractivity contribution < 1.29 is 27.3 Å². The molecule has 9 nitrogen and oxygen atoms in total. The number of aromatic nitrogens is 4. The van der Waals surface area contributed by atoms with Gasteiger partial charge in [-0.05, 0) is 36.8 Å². The van der Waals surface area contributed by atoms with Crippen molar-refractivity contribution in [3.8, 4) is 0 Å². The quantitative estimate of drug-likeness (QED) is 0.518. The van der Waals surface area contributed by atoms with Crippen molar-refractivity contribution in [2.75, 3.05) is 0 Å². The lowest BCUT2D eigenvalue weighted by Crippen LogP contribution is -2.24. The number of nitrogens with one attached hydrogen (secondary N) is 2. The lowest BCUT2D eigenvalue weighted by atomic mass is 10.1. The number of carbonyl (C=O) groups excluding carboxylic acids is 2. The second kappa shape index (κ2) is 8.97. The molecule has 0 radical (unpaired) electrons. The van der Waals surface area contributed by atoms with Crippen molar-refractivity contribution in [2.45, 2.75) is 51.4 Å². The van der Waals surface area contributed by atoms with Gasteiger partial charge in [0, 0.05) is 13.0 Å². The molecule has 0 bridgehead atoms. The Labute approximate surface area is 180 Å². The third-order valence-electron chi connectivity index (χ3n) is 5.05. The van der Waals surface area contributed by atoms with Gasteiger partial charge >= 0.3 is 6.18 Å². The van der Waals surface area contributed by atoms with Gasteiger partial charge in [-0.15, -0.1) is 0 Å².